The van der Waals surface area contributed by atoms with Crippen LogP contribution in [0, 0.1) is 0 Å². The standard InChI is InChI=1S/C14H20N4/c1-2-3-4-8-13-9-5-6-10-14(13)11-7-12-16-18-17-15/h5-7,9-12H,2-4,8H2,1H3,(H2,15,18). The van der Waals surface area contributed by atoms with Crippen molar-refractivity contribution in [2.45, 2.75) is 32.6 Å². The third-order valence-electron chi connectivity index (χ3n) is 2.64. The van der Waals surface area contributed by atoms with Gasteiger partial charge in [0.25, 0.3) is 0 Å². The van der Waals surface area contributed by atoms with Gasteiger partial charge in [-0.15, -0.1) is 5.10 Å². The molecule has 4 heteroatoms. The number of nitrogens with two attached hydrogens (primary N) is 1. The van der Waals surface area contributed by atoms with E-state index in [-0.39, 0.29) is 0 Å². The number of benzene rings is 1. The number of allylic oxidation sites excluding steroid dienone is 1. The Bertz CT molecular complexity index is 422. The highest BCUT2D eigenvalue weighted by atomic mass is 15.5. The number of unbranched alkanes of at least 4 members (excludes halogenated alkanes) is 2. The molecule has 0 aliphatic heterocycles. The van der Waals surface area contributed by atoms with Crippen LogP contribution in [0.25, 0.3) is 6.08 Å². The summed E-state index contributed by atoms with van der Waals surface area (Å²) in [5, 5.41) is 9.98. The zero-order valence-electron chi connectivity index (χ0n) is 10.8. The Hall–Kier alpha value is -1.97. The quantitative estimate of drug-likeness (QED) is 0.256. The molecule has 1 rings (SSSR count). The molecule has 0 bridgehead atoms. The molecule has 0 amide bonds. The number of nitrogens with zero attached hydrogens (tertiary/aromatic N) is 3. The molecule has 0 aromatic heterocycles. The van der Waals surface area contributed by atoms with Gasteiger partial charge in [-0.3, -0.25) is 0 Å². The summed E-state index contributed by atoms with van der Waals surface area (Å²) in [6.07, 6.45) is 10.3. The van der Waals surface area contributed by atoms with E-state index in [1.165, 1.54) is 30.4 Å². The molecule has 0 saturated heterocycles. The van der Waals surface area contributed by atoms with Crippen LogP contribution in [0.5, 0.6) is 0 Å². The smallest absolute Gasteiger partial charge is 0.0514 e. The topological polar surface area (TPSA) is 63.1 Å². The van der Waals surface area contributed by atoms with Gasteiger partial charge in [-0.05, 0) is 35.3 Å². The Labute approximate surface area is 108 Å². The summed E-state index contributed by atoms with van der Waals surface area (Å²) in [7, 11) is 0. The minimum Gasteiger partial charge on any atom is -0.303 e. The molecule has 1 aromatic carbocycles. The van der Waals surface area contributed by atoms with Gasteiger partial charge in [-0.1, -0.05) is 55.3 Å². The Balaban J connectivity index is 2.63. The van der Waals surface area contributed by atoms with Gasteiger partial charge in [0.1, 0.15) is 0 Å². The molecule has 0 unspecified atom stereocenters. The number of rotatable bonds is 7. The van der Waals surface area contributed by atoms with E-state index < -0.39 is 0 Å². The van der Waals surface area contributed by atoms with Gasteiger partial charge in [0.15, 0.2) is 0 Å². The highest BCUT2D eigenvalue weighted by Crippen LogP contribution is 2.14. The Morgan fingerprint density at radius 3 is 2.83 bits per heavy atom. The number of hydrogen-bond acceptors (Lipinski definition) is 2. The lowest BCUT2D eigenvalue weighted by Gasteiger charge is -2.04. The van der Waals surface area contributed by atoms with Crippen molar-refractivity contribution in [3.05, 3.63) is 41.5 Å². The van der Waals surface area contributed by atoms with Gasteiger partial charge in [0.05, 0.1) is 6.21 Å². The summed E-state index contributed by atoms with van der Waals surface area (Å²) in [6.45, 7) is 2.22. The minimum absolute atomic E-state index is 1.12. The molecule has 0 fully saturated rings. The van der Waals surface area contributed by atoms with Crippen LogP contribution in [0.15, 0.2) is 45.9 Å². The van der Waals surface area contributed by atoms with Crippen molar-refractivity contribution in [1.82, 2.24) is 0 Å². The molecule has 2 N–H and O–H groups in total. The summed E-state index contributed by atoms with van der Waals surface area (Å²) in [5.74, 6) is 4.83. The largest absolute Gasteiger partial charge is 0.303 e. The van der Waals surface area contributed by atoms with Crippen LogP contribution in [-0.4, -0.2) is 6.21 Å². The summed E-state index contributed by atoms with van der Waals surface area (Å²) >= 11 is 0. The maximum Gasteiger partial charge on any atom is 0.0514 e. The Morgan fingerprint density at radius 2 is 2.06 bits per heavy atom. The van der Waals surface area contributed by atoms with Gasteiger partial charge in [-0.25, -0.2) is 0 Å². The van der Waals surface area contributed by atoms with Gasteiger partial charge in [0.2, 0.25) is 0 Å². The molecule has 96 valence electrons. The van der Waals surface area contributed by atoms with Crippen molar-refractivity contribution in [2.75, 3.05) is 0 Å². The molecular formula is C14H20N4. The fraction of sp³-hybridized carbons (Fsp3) is 0.357. The fourth-order valence-corrected chi connectivity index (χ4v) is 1.73. The van der Waals surface area contributed by atoms with Crippen LogP contribution >= 0.6 is 0 Å². The molecule has 0 atom stereocenters. The van der Waals surface area contributed by atoms with Gasteiger partial charge in [0, 0.05) is 0 Å². The van der Waals surface area contributed by atoms with Crippen molar-refractivity contribution in [3.63, 3.8) is 0 Å². The molecule has 4 nitrogen and oxygen atoms in total. The number of aryl methyl sites for hydroxylation is 1. The average molecular weight is 244 g/mol. The zero-order valence-corrected chi connectivity index (χ0v) is 10.8. The van der Waals surface area contributed by atoms with Crippen LogP contribution in [-0.2, 0) is 6.42 Å². The van der Waals surface area contributed by atoms with Crippen molar-refractivity contribution < 1.29 is 0 Å². The summed E-state index contributed by atoms with van der Waals surface area (Å²) < 4.78 is 0. The second kappa shape index (κ2) is 9.10. The van der Waals surface area contributed by atoms with Gasteiger partial charge >= 0.3 is 0 Å². The van der Waals surface area contributed by atoms with Gasteiger partial charge < -0.3 is 5.84 Å². The van der Waals surface area contributed by atoms with Gasteiger partial charge in [-0.2, -0.15) is 0 Å². The van der Waals surface area contributed by atoms with Crippen LogP contribution in [0.3, 0.4) is 0 Å². The highest BCUT2D eigenvalue weighted by molar-refractivity contribution is 5.78. The van der Waals surface area contributed by atoms with E-state index in [2.05, 4.69) is 40.7 Å². The molecule has 1 aromatic rings. The first-order valence-electron chi connectivity index (χ1n) is 6.26. The average Bonchev–Trinajstić information content (AvgIpc) is 2.40. The predicted molar refractivity (Wildman–Crippen MR) is 76.2 cm³/mol. The van der Waals surface area contributed by atoms with E-state index in [4.69, 9.17) is 5.84 Å². The molecule has 18 heavy (non-hydrogen) atoms. The second-order valence-electron chi connectivity index (χ2n) is 3.98. The first-order valence-corrected chi connectivity index (χ1v) is 6.26. The van der Waals surface area contributed by atoms with E-state index in [1.54, 1.807) is 6.21 Å². The second-order valence-corrected chi connectivity index (χ2v) is 3.98. The monoisotopic (exact) mass is 244 g/mol. The van der Waals surface area contributed by atoms with Crippen molar-refractivity contribution in [1.29, 1.82) is 0 Å². The highest BCUT2D eigenvalue weighted by Gasteiger charge is 1.97. The molecule has 0 heterocycles. The van der Waals surface area contributed by atoms with Crippen LogP contribution in [0.1, 0.15) is 37.3 Å². The summed E-state index contributed by atoms with van der Waals surface area (Å²) in [4.78, 5) is 0. The molecule has 0 saturated carbocycles. The molecular weight excluding hydrogens is 224 g/mol. The molecule has 0 spiro atoms. The molecule has 0 radical (unpaired) electrons. The molecule has 0 aliphatic carbocycles. The van der Waals surface area contributed by atoms with Crippen LogP contribution < -0.4 is 5.84 Å². The third-order valence-corrected chi connectivity index (χ3v) is 2.64. The summed E-state index contributed by atoms with van der Waals surface area (Å²) in [6, 6.07) is 8.40. The first kappa shape index (κ1) is 14.1. The van der Waals surface area contributed by atoms with E-state index in [9.17, 15) is 0 Å². The minimum atomic E-state index is 1.12. The fourth-order valence-electron chi connectivity index (χ4n) is 1.73. The Kier molecular flexibility index (Phi) is 7.13. The summed E-state index contributed by atoms with van der Waals surface area (Å²) in [5.41, 5.74) is 2.60. The number of hydrogen-bond donors (Lipinski definition) is 1. The Morgan fingerprint density at radius 1 is 1.22 bits per heavy atom. The lowest BCUT2D eigenvalue weighted by atomic mass is 10.0. The third kappa shape index (κ3) is 5.39. The van der Waals surface area contributed by atoms with Crippen LogP contribution in [0.2, 0.25) is 0 Å². The van der Waals surface area contributed by atoms with Crippen molar-refractivity contribution in [2.24, 2.45) is 21.4 Å². The predicted octanol–water partition coefficient (Wildman–Crippen LogP) is 3.74. The van der Waals surface area contributed by atoms with Crippen molar-refractivity contribution >= 4 is 12.3 Å². The van der Waals surface area contributed by atoms with E-state index in [1.807, 2.05) is 18.2 Å². The van der Waals surface area contributed by atoms with Crippen molar-refractivity contribution in [3.8, 4) is 0 Å². The maximum absolute atomic E-state index is 4.83. The SMILES string of the molecule is CCCCCc1ccccc1C=CC=NN=NN. The zero-order chi connectivity index (χ0) is 13.1. The van der Waals surface area contributed by atoms with E-state index in [0.29, 0.717) is 0 Å². The molecule has 0 aliphatic rings. The maximum atomic E-state index is 4.83. The lowest BCUT2D eigenvalue weighted by molar-refractivity contribution is 0.717. The van der Waals surface area contributed by atoms with E-state index >= 15 is 0 Å². The normalized spacial score (nSPS) is 12.1. The van der Waals surface area contributed by atoms with Crippen LogP contribution in [0.4, 0.5) is 0 Å². The first-order chi connectivity index (χ1) is 8.88. The lowest BCUT2D eigenvalue weighted by Crippen LogP contribution is -1.89. The van der Waals surface area contributed by atoms with E-state index in [0.717, 1.165) is 6.42 Å².